The predicted molar refractivity (Wildman–Crippen MR) is 56.0 cm³/mol. The van der Waals surface area contributed by atoms with E-state index in [0.29, 0.717) is 6.61 Å². The number of rotatable bonds is 3. The van der Waals surface area contributed by atoms with E-state index < -0.39 is 0 Å². The summed E-state index contributed by atoms with van der Waals surface area (Å²) in [5.41, 5.74) is 1.04. The van der Waals surface area contributed by atoms with Gasteiger partial charge in [-0.3, -0.25) is 0 Å². The number of amides is 1. The highest BCUT2D eigenvalue weighted by Crippen LogP contribution is 2.18. The van der Waals surface area contributed by atoms with Gasteiger partial charge in [-0.15, -0.1) is 0 Å². The Kier molecular flexibility index (Phi) is 3.51. The van der Waals surface area contributed by atoms with Crippen LogP contribution in [-0.2, 0) is 4.74 Å². The van der Waals surface area contributed by atoms with Crippen molar-refractivity contribution in [2.24, 2.45) is 0 Å². The lowest BCUT2D eigenvalue weighted by molar-refractivity contribution is 0.163. The normalized spacial score (nSPS) is 23.0. The van der Waals surface area contributed by atoms with Crippen molar-refractivity contribution in [3.63, 3.8) is 0 Å². The van der Waals surface area contributed by atoms with Gasteiger partial charge >= 0.3 is 6.09 Å². The number of nitrogens with zero attached hydrogens (tertiary/aromatic N) is 1. The van der Waals surface area contributed by atoms with Crippen molar-refractivity contribution < 1.29 is 9.53 Å². The van der Waals surface area contributed by atoms with Crippen LogP contribution in [0.2, 0.25) is 0 Å². The van der Waals surface area contributed by atoms with Gasteiger partial charge in [-0.2, -0.15) is 0 Å². The first-order valence-electron chi connectivity index (χ1n) is 4.55. The van der Waals surface area contributed by atoms with Crippen molar-refractivity contribution in [2.75, 3.05) is 13.7 Å². The molecule has 1 saturated heterocycles. The van der Waals surface area contributed by atoms with Crippen molar-refractivity contribution in [3.05, 3.63) is 36.5 Å². The second kappa shape index (κ2) is 4.65. The summed E-state index contributed by atoms with van der Waals surface area (Å²) in [7, 11) is 1.74. The summed E-state index contributed by atoms with van der Waals surface area (Å²) < 4.78 is 4.93. The van der Waals surface area contributed by atoms with E-state index in [1.54, 1.807) is 18.0 Å². The van der Waals surface area contributed by atoms with E-state index in [-0.39, 0.29) is 12.1 Å². The maximum absolute atomic E-state index is 11.1. The molecule has 0 saturated carbocycles. The van der Waals surface area contributed by atoms with Crippen molar-refractivity contribution in [3.8, 4) is 0 Å². The van der Waals surface area contributed by atoms with Gasteiger partial charge < -0.3 is 9.64 Å². The average molecular weight is 193 g/mol. The third kappa shape index (κ3) is 2.05. The Morgan fingerprint density at radius 3 is 2.86 bits per heavy atom. The zero-order valence-corrected chi connectivity index (χ0v) is 8.56. The fourth-order valence-electron chi connectivity index (χ4n) is 1.42. The van der Waals surface area contributed by atoms with E-state index in [9.17, 15) is 4.79 Å². The third-order valence-electron chi connectivity index (χ3n) is 2.17. The second-order valence-electron chi connectivity index (χ2n) is 3.11. The summed E-state index contributed by atoms with van der Waals surface area (Å²) in [5, 5.41) is 0. The lowest BCUT2D eigenvalue weighted by Crippen LogP contribution is -2.30. The Bertz CT molecular complexity index is 292. The van der Waals surface area contributed by atoms with Gasteiger partial charge in [-0.05, 0) is 12.5 Å². The molecule has 1 rings (SSSR count). The number of ether oxygens (including phenoxy) is 1. The molecule has 0 radical (unpaired) electrons. The minimum atomic E-state index is -0.269. The molecule has 14 heavy (non-hydrogen) atoms. The number of hydrogen-bond donors (Lipinski definition) is 0. The molecule has 0 aromatic rings. The topological polar surface area (TPSA) is 29.5 Å². The average Bonchev–Trinajstić information content (AvgIpc) is 2.48. The van der Waals surface area contributed by atoms with Crippen LogP contribution in [0.15, 0.2) is 36.5 Å². The molecule has 0 bridgehead atoms. The van der Waals surface area contributed by atoms with Gasteiger partial charge in [-0.1, -0.05) is 30.9 Å². The lowest BCUT2D eigenvalue weighted by atomic mass is 10.1. The fraction of sp³-hybridized carbons (Fsp3) is 0.364. The minimum absolute atomic E-state index is 0.0108. The molecule has 1 atom stereocenters. The molecule has 1 fully saturated rings. The first-order chi connectivity index (χ1) is 6.70. The summed E-state index contributed by atoms with van der Waals surface area (Å²) >= 11 is 0. The van der Waals surface area contributed by atoms with E-state index in [1.165, 1.54) is 0 Å². The van der Waals surface area contributed by atoms with Crippen LogP contribution in [0.4, 0.5) is 4.79 Å². The molecule has 1 aliphatic heterocycles. The molecule has 76 valence electrons. The molecule has 3 heteroatoms. The number of cyclic esters (lactones) is 1. The molecule has 1 heterocycles. The van der Waals surface area contributed by atoms with E-state index in [2.05, 4.69) is 6.58 Å². The minimum Gasteiger partial charge on any atom is -0.447 e. The van der Waals surface area contributed by atoms with Crippen LogP contribution >= 0.6 is 0 Å². The molecule has 0 spiro atoms. The summed E-state index contributed by atoms with van der Waals surface area (Å²) in [6, 6.07) is 0.0108. The zero-order chi connectivity index (χ0) is 10.6. The van der Waals surface area contributed by atoms with Crippen LogP contribution < -0.4 is 0 Å². The first-order valence-corrected chi connectivity index (χ1v) is 4.55. The number of hydrogen-bond acceptors (Lipinski definition) is 2. The standard InChI is InChI=1S/C11H15NO2/c1-4-6-9(7-5-2)10-8-14-11(13)12(10)3/h4-7,10H,1,8H2,2-3H3/b7-5-,9-6+/t10-/m1/s1. The van der Waals surface area contributed by atoms with Gasteiger partial charge in [0.2, 0.25) is 0 Å². The molecular formula is C11H15NO2. The van der Waals surface area contributed by atoms with Crippen LogP contribution in [-0.4, -0.2) is 30.7 Å². The van der Waals surface area contributed by atoms with Crippen LogP contribution in [0.5, 0.6) is 0 Å². The summed E-state index contributed by atoms with van der Waals surface area (Å²) in [6.07, 6.45) is 7.24. The van der Waals surface area contributed by atoms with Crippen molar-refractivity contribution in [1.82, 2.24) is 4.90 Å². The molecule has 0 aromatic carbocycles. The molecule has 0 aliphatic carbocycles. The second-order valence-corrected chi connectivity index (χ2v) is 3.11. The van der Waals surface area contributed by atoms with E-state index in [0.717, 1.165) is 5.57 Å². The van der Waals surface area contributed by atoms with Crippen LogP contribution in [0.3, 0.4) is 0 Å². The highest BCUT2D eigenvalue weighted by molar-refractivity contribution is 5.70. The van der Waals surface area contributed by atoms with E-state index in [1.807, 2.05) is 25.2 Å². The van der Waals surface area contributed by atoms with Crippen LogP contribution in [0, 0.1) is 0 Å². The number of allylic oxidation sites excluding steroid dienone is 3. The third-order valence-corrected chi connectivity index (χ3v) is 2.17. The predicted octanol–water partition coefficient (Wildman–Crippen LogP) is 2.13. The number of carbonyl (C=O) groups excluding carboxylic acids is 1. The smallest absolute Gasteiger partial charge is 0.410 e. The largest absolute Gasteiger partial charge is 0.447 e. The van der Waals surface area contributed by atoms with Gasteiger partial charge in [0.25, 0.3) is 0 Å². The van der Waals surface area contributed by atoms with E-state index in [4.69, 9.17) is 4.74 Å². The van der Waals surface area contributed by atoms with Gasteiger partial charge in [0.1, 0.15) is 6.61 Å². The SMILES string of the molecule is C=C/C=C(\C=C/C)[C@H]1COC(=O)N1C. The van der Waals surface area contributed by atoms with Gasteiger partial charge in [0.05, 0.1) is 6.04 Å². The fourth-order valence-corrected chi connectivity index (χ4v) is 1.42. The van der Waals surface area contributed by atoms with Gasteiger partial charge in [-0.25, -0.2) is 4.79 Å². The summed E-state index contributed by atoms with van der Waals surface area (Å²) in [5.74, 6) is 0. The molecule has 0 aromatic heterocycles. The highest BCUT2D eigenvalue weighted by Gasteiger charge is 2.30. The quantitative estimate of drug-likeness (QED) is 0.642. The highest BCUT2D eigenvalue weighted by atomic mass is 16.6. The molecule has 1 amide bonds. The van der Waals surface area contributed by atoms with Gasteiger partial charge in [0, 0.05) is 7.05 Å². The lowest BCUT2D eigenvalue weighted by Gasteiger charge is -2.16. The Morgan fingerprint density at radius 1 is 1.71 bits per heavy atom. The Hall–Kier alpha value is -1.51. The number of likely N-dealkylation sites (N-methyl/N-ethyl adjacent to an activating group) is 1. The summed E-state index contributed by atoms with van der Waals surface area (Å²) in [4.78, 5) is 12.7. The van der Waals surface area contributed by atoms with Crippen molar-refractivity contribution in [2.45, 2.75) is 13.0 Å². The molecule has 1 aliphatic rings. The molecule has 3 nitrogen and oxygen atoms in total. The van der Waals surface area contributed by atoms with Crippen molar-refractivity contribution in [1.29, 1.82) is 0 Å². The zero-order valence-electron chi connectivity index (χ0n) is 8.56. The molecule has 0 N–H and O–H groups in total. The van der Waals surface area contributed by atoms with E-state index >= 15 is 0 Å². The van der Waals surface area contributed by atoms with Gasteiger partial charge in [0.15, 0.2) is 0 Å². The first kappa shape index (κ1) is 10.6. The maximum atomic E-state index is 11.1. The maximum Gasteiger partial charge on any atom is 0.410 e. The molecule has 0 unspecified atom stereocenters. The van der Waals surface area contributed by atoms with Crippen LogP contribution in [0.25, 0.3) is 0 Å². The summed E-state index contributed by atoms with van der Waals surface area (Å²) in [6.45, 7) is 6.00. The monoisotopic (exact) mass is 193 g/mol. The molecular weight excluding hydrogens is 178 g/mol. The van der Waals surface area contributed by atoms with Crippen molar-refractivity contribution >= 4 is 6.09 Å². The van der Waals surface area contributed by atoms with Crippen LogP contribution in [0.1, 0.15) is 6.92 Å². The number of carbonyl (C=O) groups is 1. The Morgan fingerprint density at radius 2 is 2.43 bits per heavy atom. The Labute approximate surface area is 84.3 Å². The Balaban J connectivity index is 2.84.